The molecule has 0 saturated carbocycles. The van der Waals surface area contributed by atoms with Gasteiger partial charge in [0, 0.05) is 0 Å². The van der Waals surface area contributed by atoms with Gasteiger partial charge in [0.1, 0.15) is 0 Å². The third-order valence-electron chi connectivity index (χ3n) is 5.04. The van der Waals surface area contributed by atoms with E-state index in [0.29, 0.717) is 5.69 Å². The second kappa shape index (κ2) is 9.65. The maximum Gasteiger partial charge on any atom is 0.308 e. The van der Waals surface area contributed by atoms with Crippen LogP contribution in [0.5, 0.6) is 0 Å². The van der Waals surface area contributed by atoms with Crippen molar-refractivity contribution < 1.29 is 14.3 Å². The summed E-state index contributed by atoms with van der Waals surface area (Å²) >= 11 is 0. The van der Waals surface area contributed by atoms with Gasteiger partial charge in [-0.3, -0.25) is 9.59 Å². The number of ether oxygens (including phenoxy) is 1. The van der Waals surface area contributed by atoms with Crippen LogP contribution >= 0.6 is 0 Å². The lowest BCUT2D eigenvalue weighted by atomic mass is 10.0. The Labute approximate surface area is 171 Å². The zero-order chi connectivity index (χ0) is 20.8. The number of amides is 1. The average Bonchev–Trinajstić information content (AvgIpc) is 3.09. The van der Waals surface area contributed by atoms with Crippen LogP contribution in [0.3, 0.4) is 0 Å². The molecule has 0 bridgehead atoms. The minimum Gasteiger partial charge on any atom is -0.463 e. The Morgan fingerprint density at radius 3 is 2.59 bits per heavy atom. The molecule has 1 atom stereocenters. The molecule has 1 aromatic carbocycles. The van der Waals surface area contributed by atoms with E-state index in [1.807, 2.05) is 41.9 Å². The molecular weight excluding hydrogens is 370 g/mol. The van der Waals surface area contributed by atoms with E-state index in [2.05, 4.69) is 20.9 Å². The van der Waals surface area contributed by atoms with Crippen molar-refractivity contribution in [1.29, 1.82) is 0 Å². The van der Waals surface area contributed by atoms with Crippen LogP contribution in [-0.2, 0) is 9.53 Å². The first-order valence-corrected chi connectivity index (χ1v) is 10.1. The van der Waals surface area contributed by atoms with E-state index in [0.717, 1.165) is 37.2 Å². The summed E-state index contributed by atoms with van der Waals surface area (Å²) in [4.78, 5) is 25.2. The van der Waals surface area contributed by atoms with Crippen LogP contribution in [0.25, 0.3) is 0 Å². The summed E-state index contributed by atoms with van der Waals surface area (Å²) in [5.41, 5.74) is 1.87. The predicted octanol–water partition coefficient (Wildman–Crippen LogP) is 2.32. The number of carbonyl (C=O) groups excluding carboxylic acids is 2. The molecule has 3 rings (SSSR count). The summed E-state index contributed by atoms with van der Waals surface area (Å²) in [6, 6.07) is 9.15. The molecule has 2 N–H and O–H groups in total. The number of hydrogen-bond donors (Lipinski definition) is 2. The molecule has 2 heterocycles. The fourth-order valence-corrected chi connectivity index (χ4v) is 3.59. The number of esters is 1. The fraction of sp³-hybridized carbons (Fsp3) is 0.524. The Kier molecular flexibility index (Phi) is 6.98. The van der Waals surface area contributed by atoms with Crippen LogP contribution < -0.4 is 10.6 Å². The zero-order valence-corrected chi connectivity index (χ0v) is 17.2. The first kappa shape index (κ1) is 21.0. The van der Waals surface area contributed by atoms with Crippen LogP contribution in [0.1, 0.15) is 66.9 Å². The Balaban J connectivity index is 1.76. The number of rotatable bonds is 7. The Morgan fingerprint density at radius 2 is 1.93 bits per heavy atom. The third kappa shape index (κ3) is 5.41. The van der Waals surface area contributed by atoms with Crippen LogP contribution in [0.15, 0.2) is 30.3 Å². The third-order valence-corrected chi connectivity index (χ3v) is 5.04. The SMILES string of the molecule is Cc1c(C(=O)NC(CC(=O)OC(C)C)c2ccccc2)nnn1C1CCNCC1. The standard InChI is InChI=1S/C21H29N5O3/c1-14(2)29-19(27)13-18(16-7-5-4-6-8-16)23-21(28)20-15(3)26(25-24-20)17-9-11-22-12-10-17/h4-8,14,17-18,22H,9-13H2,1-3H3,(H,23,28). The monoisotopic (exact) mass is 399 g/mol. The van der Waals surface area contributed by atoms with Crippen LogP contribution in [0.2, 0.25) is 0 Å². The molecule has 1 amide bonds. The normalized spacial score (nSPS) is 15.9. The van der Waals surface area contributed by atoms with Crippen molar-refractivity contribution in [2.24, 2.45) is 0 Å². The Hall–Kier alpha value is -2.74. The molecule has 0 aliphatic carbocycles. The summed E-state index contributed by atoms with van der Waals surface area (Å²) in [6.07, 6.45) is 1.76. The highest BCUT2D eigenvalue weighted by atomic mass is 16.5. The van der Waals surface area contributed by atoms with Gasteiger partial charge < -0.3 is 15.4 Å². The van der Waals surface area contributed by atoms with Gasteiger partial charge in [0.25, 0.3) is 5.91 Å². The van der Waals surface area contributed by atoms with Crippen molar-refractivity contribution in [1.82, 2.24) is 25.6 Å². The molecule has 2 aromatic rings. The van der Waals surface area contributed by atoms with Crippen LogP contribution in [0.4, 0.5) is 0 Å². The number of aromatic nitrogens is 3. The molecule has 1 aliphatic heterocycles. The molecular formula is C21H29N5O3. The van der Waals surface area contributed by atoms with Gasteiger partial charge >= 0.3 is 5.97 Å². The number of nitrogens with zero attached hydrogens (tertiary/aromatic N) is 3. The lowest BCUT2D eigenvalue weighted by Gasteiger charge is -2.23. The Morgan fingerprint density at radius 1 is 1.24 bits per heavy atom. The van der Waals surface area contributed by atoms with Crippen LogP contribution in [0, 0.1) is 6.92 Å². The summed E-state index contributed by atoms with van der Waals surface area (Å²) < 4.78 is 7.12. The highest BCUT2D eigenvalue weighted by molar-refractivity contribution is 5.93. The topological polar surface area (TPSA) is 98.1 Å². The van der Waals surface area contributed by atoms with Crippen molar-refractivity contribution >= 4 is 11.9 Å². The molecule has 156 valence electrons. The first-order chi connectivity index (χ1) is 14.0. The molecule has 1 saturated heterocycles. The molecule has 0 spiro atoms. The smallest absolute Gasteiger partial charge is 0.308 e. The molecule has 1 unspecified atom stereocenters. The summed E-state index contributed by atoms with van der Waals surface area (Å²) in [5, 5.41) is 14.6. The fourth-order valence-electron chi connectivity index (χ4n) is 3.59. The Bertz CT molecular complexity index is 828. The number of benzene rings is 1. The molecule has 1 aromatic heterocycles. The predicted molar refractivity (Wildman–Crippen MR) is 108 cm³/mol. The molecule has 1 fully saturated rings. The van der Waals surface area contributed by atoms with Gasteiger partial charge in [0.2, 0.25) is 0 Å². The number of nitrogens with one attached hydrogen (secondary N) is 2. The van der Waals surface area contributed by atoms with E-state index in [9.17, 15) is 9.59 Å². The van der Waals surface area contributed by atoms with E-state index in [-0.39, 0.29) is 30.4 Å². The number of carbonyl (C=O) groups is 2. The quantitative estimate of drug-likeness (QED) is 0.694. The van der Waals surface area contributed by atoms with E-state index >= 15 is 0 Å². The van der Waals surface area contributed by atoms with Gasteiger partial charge in [-0.2, -0.15) is 0 Å². The van der Waals surface area contributed by atoms with Gasteiger partial charge in [-0.05, 0) is 52.3 Å². The molecule has 1 aliphatic rings. The van der Waals surface area contributed by atoms with Crippen molar-refractivity contribution in [2.75, 3.05) is 13.1 Å². The van der Waals surface area contributed by atoms with Crippen molar-refractivity contribution in [3.8, 4) is 0 Å². The molecule has 0 radical (unpaired) electrons. The average molecular weight is 399 g/mol. The second-order valence-electron chi connectivity index (χ2n) is 7.63. The second-order valence-corrected chi connectivity index (χ2v) is 7.63. The van der Waals surface area contributed by atoms with E-state index in [1.165, 1.54) is 0 Å². The van der Waals surface area contributed by atoms with Gasteiger partial charge in [0.05, 0.1) is 30.3 Å². The zero-order valence-electron chi connectivity index (χ0n) is 17.2. The minimum absolute atomic E-state index is 0.0510. The van der Waals surface area contributed by atoms with E-state index in [1.54, 1.807) is 13.8 Å². The van der Waals surface area contributed by atoms with Crippen molar-refractivity contribution in [3.63, 3.8) is 0 Å². The minimum atomic E-state index is -0.501. The largest absolute Gasteiger partial charge is 0.463 e. The van der Waals surface area contributed by atoms with Crippen molar-refractivity contribution in [3.05, 3.63) is 47.3 Å². The van der Waals surface area contributed by atoms with Crippen molar-refractivity contribution in [2.45, 2.75) is 58.2 Å². The maximum absolute atomic E-state index is 13.0. The lowest BCUT2D eigenvalue weighted by molar-refractivity contribution is -0.147. The summed E-state index contributed by atoms with van der Waals surface area (Å²) in [5.74, 6) is -0.696. The van der Waals surface area contributed by atoms with E-state index < -0.39 is 6.04 Å². The van der Waals surface area contributed by atoms with Crippen LogP contribution in [-0.4, -0.2) is 46.1 Å². The first-order valence-electron chi connectivity index (χ1n) is 10.1. The number of hydrogen-bond acceptors (Lipinski definition) is 6. The van der Waals surface area contributed by atoms with E-state index in [4.69, 9.17) is 4.74 Å². The molecule has 8 nitrogen and oxygen atoms in total. The maximum atomic E-state index is 13.0. The molecule has 29 heavy (non-hydrogen) atoms. The summed E-state index contributed by atoms with van der Waals surface area (Å²) in [6.45, 7) is 7.33. The number of piperidine rings is 1. The highest BCUT2D eigenvalue weighted by Crippen LogP contribution is 2.22. The molecule has 8 heteroatoms. The van der Waals surface area contributed by atoms with Gasteiger partial charge in [-0.25, -0.2) is 4.68 Å². The lowest BCUT2D eigenvalue weighted by Crippen LogP contribution is -2.32. The van der Waals surface area contributed by atoms with Gasteiger partial charge in [-0.1, -0.05) is 35.5 Å². The van der Waals surface area contributed by atoms with Gasteiger partial charge in [0.15, 0.2) is 5.69 Å². The summed E-state index contributed by atoms with van der Waals surface area (Å²) in [7, 11) is 0. The highest BCUT2D eigenvalue weighted by Gasteiger charge is 2.26. The van der Waals surface area contributed by atoms with Gasteiger partial charge in [-0.15, -0.1) is 5.10 Å².